The molecule has 4 rings (SSSR count). The Kier molecular flexibility index (Phi) is 5.37. The molecule has 3 atom stereocenters. The van der Waals surface area contributed by atoms with Crippen LogP contribution in [0.25, 0.3) is 11.1 Å². The smallest absolute Gasteiger partial charge is 0.226 e. The van der Waals surface area contributed by atoms with Gasteiger partial charge in [0.2, 0.25) is 11.8 Å². The minimum absolute atomic E-state index is 0.0493. The summed E-state index contributed by atoms with van der Waals surface area (Å²) in [6, 6.07) is 13.7. The van der Waals surface area contributed by atoms with Crippen LogP contribution in [0.1, 0.15) is 31.2 Å². The SMILES string of the molecule is CC(=O)NC[C@@H]1[C@H](c2ccc(-c3ccccc3F)cc2)[C@@H](CO)N1C(=O)C1CC1. The number of benzene rings is 2. The number of amides is 2. The fourth-order valence-corrected chi connectivity index (χ4v) is 4.31. The van der Waals surface area contributed by atoms with Crippen LogP contribution < -0.4 is 5.32 Å². The lowest BCUT2D eigenvalue weighted by Gasteiger charge is -2.55. The van der Waals surface area contributed by atoms with Gasteiger partial charge in [-0.25, -0.2) is 4.39 Å². The molecule has 1 aliphatic heterocycles. The second-order valence-corrected chi connectivity index (χ2v) is 7.90. The van der Waals surface area contributed by atoms with E-state index in [4.69, 9.17) is 0 Å². The quantitative estimate of drug-likeness (QED) is 0.789. The molecule has 0 spiro atoms. The van der Waals surface area contributed by atoms with Gasteiger partial charge in [-0.15, -0.1) is 0 Å². The van der Waals surface area contributed by atoms with E-state index in [0.717, 1.165) is 24.0 Å². The standard InChI is InChI=1S/C23H25FN2O3/c1-14(28)25-12-20-22(21(13-27)26(20)23(29)17-10-11-17)16-8-6-15(7-9-16)18-4-2-3-5-19(18)24/h2-9,17,20-22,27H,10-13H2,1H3,(H,25,28)/t20-,21-,22+/m1/s1. The number of aliphatic hydroxyl groups is 1. The zero-order valence-electron chi connectivity index (χ0n) is 16.3. The Morgan fingerprint density at radius 1 is 1.10 bits per heavy atom. The Balaban J connectivity index is 1.59. The number of aliphatic hydroxyl groups excluding tert-OH is 1. The maximum absolute atomic E-state index is 14.1. The van der Waals surface area contributed by atoms with E-state index in [-0.39, 0.29) is 48.2 Å². The van der Waals surface area contributed by atoms with Crippen molar-refractivity contribution in [1.29, 1.82) is 0 Å². The molecule has 2 N–H and O–H groups in total. The first-order valence-electron chi connectivity index (χ1n) is 10.0. The lowest BCUT2D eigenvalue weighted by molar-refractivity contribution is -0.152. The average molecular weight is 396 g/mol. The normalized spacial score (nSPS) is 23.4. The summed E-state index contributed by atoms with van der Waals surface area (Å²) >= 11 is 0. The van der Waals surface area contributed by atoms with Crippen molar-refractivity contribution in [2.45, 2.75) is 37.8 Å². The number of likely N-dealkylation sites (tertiary alicyclic amines) is 1. The molecule has 152 valence electrons. The van der Waals surface area contributed by atoms with Crippen LogP contribution in [0.4, 0.5) is 4.39 Å². The van der Waals surface area contributed by atoms with Crippen LogP contribution in [0, 0.1) is 11.7 Å². The second-order valence-electron chi connectivity index (χ2n) is 7.90. The summed E-state index contributed by atoms with van der Waals surface area (Å²) in [5.41, 5.74) is 2.28. The highest BCUT2D eigenvalue weighted by Crippen LogP contribution is 2.44. The Morgan fingerprint density at radius 2 is 1.79 bits per heavy atom. The predicted molar refractivity (Wildman–Crippen MR) is 107 cm³/mol. The third-order valence-corrected chi connectivity index (χ3v) is 5.95. The number of carbonyl (C=O) groups excluding carboxylic acids is 2. The molecular formula is C23H25FN2O3. The Labute approximate surface area is 169 Å². The van der Waals surface area contributed by atoms with Gasteiger partial charge in [0.1, 0.15) is 5.82 Å². The van der Waals surface area contributed by atoms with Gasteiger partial charge >= 0.3 is 0 Å². The van der Waals surface area contributed by atoms with Crippen molar-refractivity contribution in [3.05, 3.63) is 59.9 Å². The van der Waals surface area contributed by atoms with Crippen LogP contribution >= 0.6 is 0 Å². The molecule has 0 aromatic heterocycles. The minimum atomic E-state index is -0.304. The fraction of sp³-hybridized carbons (Fsp3) is 0.391. The van der Waals surface area contributed by atoms with Crippen molar-refractivity contribution in [3.63, 3.8) is 0 Å². The largest absolute Gasteiger partial charge is 0.394 e. The summed E-state index contributed by atoms with van der Waals surface area (Å²) in [6.45, 7) is 1.67. The van der Waals surface area contributed by atoms with E-state index in [9.17, 15) is 19.1 Å². The van der Waals surface area contributed by atoms with Crippen molar-refractivity contribution in [3.8, 4) is 11.1 Å². The van der Waals surface area contributed by atoms with E-state index >= 15 is 0 Å². The summed E-state index contributed by atoms with van der Waals surface area (Å²) in [7, 11) is 0. The first-order valence-corrected chi connectivity index (χ1v) is 10.0. The van der Waals surface area contributed by atoms with Crippen LogP contribution in [0.5, 0.6) is 0 Å². The van der Waals surface area contributed by atoms with Crippen molar-refractivity contribution in [2.24, 2.45) is 5.92 Å². The van der Waals surface area contributed by atoms with E-state index in [0.29, 0.717) is 12.1 Å². The molecule has 6 heteroatoms. The van der Waals surface area contributed by atoms with Gasteiger partial charge in [-0.05, 0) is 30.0 Å². The number of nitrogens with zero attached hydrogens (tertiary/aromatic N) is 1. The van der Waals surface area contributed by atoms with E-state index in [1.54, 1.807) is 23.1 Å². The maximum atomic E-state index is 14.1. The zero-order chi connectivity index (χ0) is 20.5. The molecule has 1 heterocycles. The van der Waals surface area contributed by atoms with E-state index < -0.39 is 0 Å². The van der Waals surface area contributed by atoms with Gasteiger partial charge in [0.15, 0.2) is 0 Å². The number of halogens is 1. The fourth-order valence-electron chi connectivity index (χ4n) is 4.31. The number of rotatable bonds is 6. The highest BCUT2D eigenvalue weighted by atomic mass is 19.1. The molecule has 0 bridgehead atoms. The first-order chi connectivity index (χ1) is 14.0. The Bertz CT molecular complexity index is 911. The summed E-state index contributed by atoms with van der Waals surface area (Å²) in [6.07, 6.45) is 1.78. The molecule has 2 fully saturated rings. The van der Waals surface area contributed by atoms with Crippen LogP contribution in [0.2, 0.25) is 0 Å². The molecule has 1 saturated heterocycles. The average Bonchev–Trinajstić information content (AvgIpc) is 3.53. The number of hydrogen-bond donors (Lipinski definition) is 2. The van der Waals surface area contributed by atoms with Crippen LogP contribution in [-0.2, 0) is 9.59 Å². The number of hydrogen-bond acceptors (Lipinski definition) is 3. The third kappa shape index (κ3) is 3.77. The zero-order valence-corrected chi connectivity index (χ0v) is 16.3. The minimum Gasteiger partial charge on any atom is -0.394 e. The van der Waals surface area contributed by atoms with Crippen molar-refractivity contribution < 1.29 is 19.1 Å². The highest BCUT2D eigenvalue weighted by molar-refractivity contribution is 5.83. The Hall–Kier alpha value is -2.73. The van der Waals surface area contributed by atoms with E-state index in [2.05, 4.69) is 5.32 Å². The first kappa shape index (κ1) is 19.6. The molecule has 5 nitrogen and oxygen atoms in total. The van der Waals surface area contributed by atoms with Crippen LogP contribution in [-0.4, -0.2) is 47.1 Å². The number of nitrogens with one attached hydrogen (secondary N) is 1. The van der Waals surface area contributed by atoms with Gasteiger partial charge in [0, 0.05) is 30.9 Å². The summed E-state index contributed by atoms with van der Waals surface area (Å²) in [5, 5.41) is 12.8. The molecule has 1 saturated carbocycles. The van der Waals surface area contributed by atoms with E-state index in [1.807, 2.05) is 24.3 Å². The van der Waals surface area contributed by atoms with Crippen LogP contribution in [0.15, 0.2) is 48.5 Å². The lowest BCUT2D eigenvalue weighted by Crippen LogP contribution is -2.68. The van der Waals surface area contributed by atoms with Crippen LogP contribution in [0.3, 0.4) is 0 Å². The topological polar surface area (TPSA) is 69.6 Å². The second kappa shape index (κ2) is 7.95. The maximum Gasteiger partial charge on any atom is 0.226 e. The molecule has 0 unspecified atom stereocenters. The predicted octanol–water partition coefficient (Wildman–Crippen LogP) is 2.69. The lowest BCUT2D eigenvalue weighted by atomic mass is 9.74. The van der Waals surface area contributed by atoms with Gasteiger partial charge in [-0.1, -0.05) is 42.5 Å². The highest BCUT2D eigenvalue weighted by Gasteiger charge is 2.53. The molecule has 2 aliphatic rings. The monoisotopic (exact) mass is 396 g/mol. The number of carbonyl (C=O) groups is 2. The van der Waals surface area contributed by atoms with Crippen molar-refractivity contribution in [2.75, 3.05) is 13.2 Å². The summed E-state index contributed by atoms with van der Waals surface area (Å²) in [4.78, 5) is 25.9. The molecule has 2 aromatic rings. The van der Waals surface area contributed by atoms with Gasteiger partial charge in [0.05, 0.1) is 18.7 Å². The third-order valence-electron chi connectivity index (χ3n) is 5.95. The molecule has 1 aliphatic carbocycles. The van der Waals surface area contributed by atoms with Gasteiger partial charge < -0.3 is 15.3 Å². The van der Waals surface area contributed by atoms with Gasteiger partial charge in [-0.2, -0.15) is 0 Å². The molecule has 2 amide bonds. The molecular weight excluding hydrogens is 371 g/mol. The molecule has 0 radical (unpaired) electrons. The molecule has 2 aromatic carbocycles. The molecule has 29 heavy (non-hydrogen) atoms. The summed E-state index contributed by atoms with van der Waals surface area (Å²) < 4.78 is 14.1. The Morgan fingerprint density at radius 3 is 2.38 bits per heavy atom. The summed E-state index contributed by atoms with van der Waals surface area (Å²) in [5.74, 6) is -0.386. The van der Waals surface area contributed by atoms with E-state index in [1.165, 1.54) is 13.0 Å². The van der Waals surface area contributed by atoms with Gasteiger partial charge in [0.25, 0.3) is 0 Å². The van der Waals surface area contributed by atoms with Crippen molar-refractivity contribution >= 4 is 11.8 Å². The van der Waals surface area contributed by atoms with Crippen molar-refractivity contribution in [1.82, 2.24) is 10.2 Å². The van der Waals surface area contributed by atoms with Gasteiger partial charge in [-0.3, -0.25) is 9.59 Å².